The molecule has 9 heteroatoms. The van der Waals surface area contributed by atoms with Crippen molar-refractivity contribution in [3.63, 3.8) is 0 Å². The van der Waals surface area contributed by atoms with Gasteiger partial charge in [-0.15, -0.1) is 0 Å². The maximum atomic E-state index is 12.8. The number of ketones is 1. The van der Waals surface area contributed by atoms with Crippen LogP contribution in [0.1, 0.15) is 22.1 Å². The molecule has 0 fully saturated rings. The Bertz CT molecular complexity index is 963. The molecule has 0 saturated carbocycles. The summed E-state index contributed by atoms with van der Waals surface area (Å²) in [6.07, 6.45) is 6.01. The van der Waals surface area contributed by atoms with Gasteiger partial charge in [0.05, 0.1) is 18.1 Å². The van der Waals surface area contributed by atoms with E-state index in [2.05, 4.69) is 15.3 Å². The second kappa shape index (κ2) is 7.65. The number of primary amides is 1. The summed E-state index contributed by atoms with van der Waals surface area (Å²) in [5.41, 5.74) is 6.01. The maximum absolute atomic E-state index is 12.8. The van der Waals surface area contributed by atoms with Gasteiger partial charge in [-0.05, 0) is 31.2 Å². The number of aryl methyl sites for hydroxylation is 1. The average molecular weight is 367 g/mol. The molecule has 3 heterocycles. The van der Waals surface area contributed by atoms with E-state index in [1.165, 1.54) is 12.5 Å². The van der Waals surface area contributed by atoms with Crippen molar-refractivity contribution in [3.05, 3.63) is 66.4 Å². The number of hydrogen-bond donors (Lipinski definition) is 2. The van der Waals surface area contributed by atoms with Crippen LogP contribution in [0.25, 0.3) is 5.69 Å². The molecule has 0 aliphatic heterocycles. The Morgan fingerprint density at radius 3 is 2.63 bits per heavy atom. The van der Waals surface area contributed by atoms with Gasteiger partial charge in [-0.1, -0.05) is 0 Å². The van der Waals surface area contributed by atoms with Crippen molar-refractivity contribution in [2.75, 3.05) is 0 Å². The molecule has 0 aliphatic rings. The first-order valence-electron chi connectivity index (χ1n) is 8.09. The van der Waals surface area contributed by atoms with E-state index < -0.39 is 23.6 Å². The predicted molar refractivity (Wildman–Crippen MR) is 94.0 cm³/mol. The molecule has 3 N–H and O–H groups in total. The molecule has 0 spiro atoms. The van der Waals surface area contributed by atoms with Crippen LogP contribution in [0.2, 0.25) is 0 Å². The number of nitrogens with zero attached hydrogens (tertiary/aromatic N) is 3. The van der Waals surface area contributed by atoms with Crippen LogP contribution < -0.4 is 11.1 Å². The summed E-state index contributed by atoms with van der Waals surface area (Å²) in [5.74, 6) is -1.60. The molecular weight excluding hydrogens is 350 g/mol. The Kier molecular flexibility index (Phi) is 5.11. The fourth-order valence-electron chi connectivity index (χ4n) is 2.67. The van der Waals surface area contributed by atoms with Gasteiger partial charge in [0.2, 0.25) is 5.78 Å². The number of furan rings is 1. The van der Waals surface area contributed by atoms with E-state index in [9.17, 15) is 14.4 Å². The third-order valence-electron chi connectivity index (χ3n) is 3.94. The summed E-state index contributed by atoms with van der Waals surface area (Å²) in [4.78, 5) is 44.4. The van der Waals surface area contributed by atoms with Crippen molar-refractivity contribution in [3.8, 4) is 5.69 Å². The molecule has 0 bridgehead atoms. The lowest BCUT2D eigenvalue weighted by Gasteiger charge is -2.16. The predicted octanol–water partition coefficient (Wildman–Crippen LogP) is 0.564. The molecule has 2 amide bonds. The van der Waals surface area contributed by atoms with Gasteiger partial charge < -0.3 is 15.5 Å². The normalized spacial score (nSPS) is 11.7. The van der Waals surface area contributed by atoms with Crippen molar-refractivity contribution in [2.45, 2.75) is 19.4 Å². The molecule has 138 valence electrons. The van der Waals surface area contributed by atoms with Crippen molar-refractivity contribution in [2.24, 2.45) is 5.73 Å². The maximum Gasteiger partial charge on any atom is 0.287 e. The highest BCUT2D eigenvalue weighted by atomic mass is 16.3. The van der Waals surface area contributed by atoms with Crippen molar-refractivity contribution in [1.82, 2.24) is 19.9 Å². The molecule has 27 heavy (non-hydrogen) atoms. The molecule has 3 rings (SSSR count). The highest BCUT2D eigenvalue weighted by Crippen LogP contribution is 2.14. The Labute approximate surface area is 154 Å². The van der Waals surface area contributed by atoms with Crippen molar-refractivity contribution < 1.29 is 18.8 Å². The number of hydrogen-bond acceptors (Lipinski definition) is 6. The van der Waals surface area contributed by atoms with Gasteiger partial charge in [-0.3, -0.25) is 23.9 Å². The first kappa shape index (κ1) is 18.1. The van der Waals surface area contributed by atoms with Crippen LogP contribution in [0.4, 0.5) is 0 Å². The van der Waals surface area contributed by atoms with Gasteiger partial charge in [-0.25, -0.2) is 4.98 Å². The number of Topliss-reactive ketones (excluding diaryl/α,β-unsaturated/α-hetero) is 1. The zero-order valence-electron chi connectivity index (χ0n) is 14.5. The van der Waals surface area contributed by atoms with Gasteiger partial charge in [0.25, 0.3) is 11.8 Å². The third kappa shape index (κ3) is 3.92. The van der Waals surface area contributed by atoms with Crippen LogP contribution in [0.15, 0.2) is 53.5 Å². The van der Waals surface area contributed by atoms with Crippen LogP contribution in [0.5, 0.6) is 0 Å². The molecule has 0 aromatic carbocycles. The molecule has 0 radical (unpaired) electrons. The molecule has 0 saturated heterocycles. The molecule has 9 nitrogen and oxygen atoms in total. The number of nitrogens with two attached hydrogens (primary N) is 1. The summed E-state index contributed by atoms with van der Waals surface area (Å²) < 4.78 is 6.82. The topological polar surface area (TPSA) is 133 Å². The summed E-state index contributed by atoms with van der Waals surface area (Å²) in [5, 5.41) is 2.55. The van der Waals surface area contributed by atoms with Crippen molar-refractivity contribution in [1.29, 1.82) is 0 Å². The van der Waals surface area contributed by atoms with Crippen LogP contribution in [0.3, 0.4) is 0 Å². The van der Waals surface area contributed by atoms with Crippen LogP contribution in [-0.4, -0.2) is 38.2 Å². The Morgan fingerprint density at radius 2 is 2.00 bits per heavy atom. The molecule has 3 aromatic heterocycles. The Hall–Kier alpha value is -3.75. The largest absolute Gasteiger partial charge is 0.469 e. The van der Waals surface area contributed by atoms with E-state index in [0.29, 0.717) is 17.3 Å². The number of imidazole rings is 1. The van der Waals surface area contributed by atoms with Crippen molar-refractivity contribution >= 4 is 17.6 Å². The molecular formula is C18H17N5O4. The zero-order chi connectivity index (χ0) is 19.4. The minimum Gasteiger partial charge on any atom is -0.469 e. The van der Waals surface area contributed by atoms with E-state index in [1.54, 1.807) is 48.1 Å². The van der Waals surface area contributed by atoms with E-state index in [4.69, 9.17) is 10.2 Å². The van der Waals surface area contributed by atoms with E-state index in [1.807, 2.05) is 0 Å². The summed E-state index contributed by atoms with van der Waals surface area (Å²) in [6, 6.07) is 5.58. The second-order valence-corrected chi connectivity index (χ2v) is 5.77. The van der Waals surface area contributed by atoms with Gasteiger partial charge >= 0.3 is 0 Å². The number of aromatic nitrogens is 3. The molecule has 1 unspecified atom stereocenters. The smallest absolute Gasteiger partial charge is 0.287 e. The van der Waals surface area contributed by atoms with E-state index in [-0.39, 0.29) is 12.1 Å². The minimum absolute atomic E-state index is 0.00287. The number of amides is 2. The number of nitrogens with one attached hydrogen (secondary N) is 1. The minimum atomic E-state index is -1.15. The standard InChI is InChI=1S/C18H17N5O4/c1-11-21-10-15(23(11)12-4-6-20-7-5-12)18(26)22-14(16(24)17(19)25)9-13-3-2-8-27-13/h2-8,10,14H,9H2,1H3,(H2,19,25)(H,22,26). The van der Waals surface area contributed by atoms with Crippen LogP contribution >= 0.6 is 0 Å². The van der Waals surface area contributed by atoms with Crippen LogP contribution in [-0.2, 0) is 16.0 Å². The number of pyridine rings is 1. The number of carbonyl (C=O) groups excluding carboxylic acids is 3. The highest BCUT2D eigenvalue weighted by Gasteiger charge is 2.28. The molecule has 0 aliphatic carbocycles. The Balaban J connectivity index is 1.88. The third-order valence-corrected chi connectivity index (χ3v) is 3.94. The lowest BCUT2D eigenvalue weighted by molar-refractivity contribution is -0.137. The summed E-state index contributed by atoms with van der Waals surface area (Å²) in [7, 11) is 0. The number of rotatable bonds is 7. The summed E-state index contributed by atoms with van der Waals surface area (Å²) in [6.45, 7) is 1.74. The zero-order valence-corrected chi connectivity index (χ0v) is 14.5. The highest BCUT2D eigenvalue weighted by molar-refractivity contribution is 6.38. The van der Waals surface area contributed by atoms with E-state index in [0.717, 1.165) is 0 Å². The molecule has 3 aromatic rings. The average Bonchev–Trinajstić information content (AvgIpc) is 3.30. The first-order valence-corrected chi connectivity index (χ1v) is 8.09. The lowest BCUT2D eigenvalue weighted by atomic mass is 10.1. The van der Waals surface area contributed by atoms with Gasteiger partial charge in [0, 0.05) is 18.8 Å². The lowest BCUT2D eigenvalue weighted by Crippen LogP contribution is -2.47. The second-order valence-electron chi connectivity index (χ2n) is 5.77. The van der Waals surface area contributed by atoms with E-state index >= 15 is 0 Å². The SMILES string of the molecule is Cc1ncc(C(=O)NC(Cc2ccco2)C(=O)C(N)=O)n1-c1ccncc1. The van der Waals surface area contributed by atoms with Gasteiger partial charge in [-0.2, -0.15) is 0 Å². The van der Waals surface area contributed by atoms with Gasteiger partial charge in [0.1, 0.15) is 23.3 Å². The van der Waals surface area contributed by atoms with Crippen LogP contribution in [0, 0.1) is 6.92 Å². The van der Waals surface area contributed by atoms with Gasteiger partial charge in [0.15, 0.2) is 0 Å². The monoisotopic (exact) mass is 367 g/mol. The quantitative estimate of drug-likeness (QED) is 0.586. The number of carbonyl (C=O) groups is 3. The Morgan fingerprint density at radius 1 is 1.26 bits per heavy atom. The summed E-state index contributed by atoms with van der Waals surface area (Å²) >= 11 is 0. The first-order chi connectivity index (χ1) is 13.0. The fourth-order valence-corrected chi connectivity index (χ4v) is 2.67. The molecule has 1 atom stereocenters. The fraction of sp³-hybridized carbons (Fsp3) is 0.167.